The lowest BCUT2D eigenvalue weighted by atomic mass is 9.92. The molecule has 1 heterocycles. The monoisotopic (exact) mass is 393 g/mol. The first kappa shape index (κ1) is 17.8. The van der Waals surface area contributed by atoms with Gasteiger partial charge in [0.05, 0.1) is 11.1 Å². The normalized spacial score (nSPS) is 11.1. The maximum atomic E-state index is 12.9. The molecule has 1 aromatic heterocycles. The van der Waals surface area contributed by atoms with E-state index in [9.17, 15) is 4.79 Å². The Balaban J connectivity index is 2.21. The van der Waals surface area contributed by atoms with Gasteiger partial charge in [0.1, 0.15) is 0 Å². The predicted octanol–water partition coefficient (Wildman–Crippen LogP) is 6.79. The van der Waals surface area contributed by atoms with Gasteiger partial charge in [0.2, 0.25) is 0 Å². The van der Waals surface area contributed by atoms with Crippen molar-refractivity contribution in [2.45, 2.75) is 13.8 Å². The van der Waals surface area contributed by atoms with Gasteiger partial charge in [-0.1, -0.05) is 65.2 Å². The van der Waals surface area contributed by atoms with Crippen LogP contribution in [-0.2, 0) is 0 Å². The molecule has 0 aliphatic carbocycles. The zero-order valence-corrected chi connectivity index (χ0v) is 16.4. The summed E-state index contributed by atoms with van der Waals surface area (Å²) in [5, 5.41) is 2.87. The van der Waals surface area contributed by atoms with Crippen LogP contribution in [0.25, 0.3) is 33.2 Å². The molecule has 0 bridgehead atoms. The number of fused-ring (bicyclic) bond motifs is 1. The van der Waals surface area contributed by atoms with E-state index in [1.54, 1.807) is 0 Å². The Morgan fingerprint density at radius 3 is 2.11 bits per heavy atom. The number of benzene rings is 3. The number of aryl methyl sites for hydroxylation is 2. The first-order chi connectivity index (χ1) is 12.9. The Kier molecular flexibility index (Phi) is 4.55. The van der Waals surface area contributed by atoms with Crippen LogP contribution >= 0.6 is 23.2 Å². The third-order valence-corrected chi connectivity index (χ3v) is 5.16. The van der Waals surface area contributed by atoms with E-state index in [1.807, 2.05) is 68.4 Å². The molecule has 0 unspecified atom stereocenters. The van der Waals surface area contributed by atoms with E-state index >= 15 is 0 Å². The number of hydrogen-bond acceptors (Lipinski definition) is 1. The molecule has 1 N–H and O–H groups in total. The van der Waals surface area contributed by atoms with Crippen LogP contribution in [0.3, 0.4) is 0 Å². The van der Waals surface area contributed by atoms with Crippen LogP contribution in [-0.4, -0.2) is 4.98 Å². The van der Waals surface area contributed by atoms with Gasteiger partial charge in [0.15, 0.2) is 0 Å². The molecule has 27 heavy (non-hydrogen) atoms. The number of H-pyrrole nitrogens is 1. The lowest BCUT2D eigenvalue weighted by Gasteiger charge is -2.16. The Morgan fingerprint density at radius 2 is 1.44 bits per heavy atom. The summed E-state index contributed by atoms with van der Waals surface area (Å²) in [6, 6.07) is 19.3. The van der Waals surface area contributed by atoms with Crippen LogP contribution < -0.4 is 5.56 Å². The van der Waals surface area contributed by atoms with E-state index < -0.39 is 0 Å². The Morgan fingerprint density at radius 1 is 0.815 bits per heavy atom. The predicted molar refractivity (Wildman–Crippen MR) is 115 cm³/mol. The summed E-state index contributed by atoms with van der Waals surface area (Å²) >= 11 is 12.5. The maximum absolute atomic E-state index is 12.9. The van der Waals surface area contributed by atoms with Gasteiger partial charge in [0, 0.05) is 21.2 Å². The van der Waals surface area contributed by atoms with E-state index in [-0.39, 0.29) is 5.56 Å². The molecule has 4 aromatic rings. The van der Waals surface area contributed by atoms with Gasteiger partial charge in [0.25, 0.3) is 5.56 Å². The van der Waals surface area contributed by atoms with Crippen LogP contribution in [0.15, 0.2) is 65.5 Å². The summed E-state index contributed by atoms with van der Waals surface area (Å²) < 4.78 is 0. The average molecular weight is 394 g/mol. The zero-order valence-electron chi connectivity index (χ0n) is 14.9. The summed E-state index contributed by atoms with van der Waals surface area (Å²) in [7, 11) is 0. The van der Waals surface area contributed by atoms with E-state index in [0.29, 0.717) is 15.4 Å². The number of halogens is 2. The zero-order chi connectivity index (χ0) is 19.1. The van der Waals surface area contributed by atoms with Gasteiger partial charge in [-0.25, -0.2) is 0 Å². The van der Waals surface area contributed by atoms with Gasteiger partial charge >= 0.3 is 0 Å². The Bertz CT molecular complexity index is 1240. The highest BCUT2D eigenvalue weighted by Gasteiger charge is 2.17. The number of aromatic nitrogens is 1. The SMILES string of the molecule is Cc1cc(C)c2c(=O)[nH]c(-c3cccc(Cl)c3)c(-c3cccc(Cl)c3)c2c1. The third-order valence-electron chi connectivity index (χ3n) is 4.69. The standard InChI is InChI=1S/C23H17Cl2NO/c1-13-9-14(2)20-19(10-13)21(15-5-3-7-17(24)11-15)22(26-23(20)27)16-6-4-8-18(25)12-16/h3-12H,1-2H3,(H,26,27). The number of pyridine rings is 1. The van der Waals surface area contributed by atoms with Crippen LogP contribution in [0.5, 0.6) is 0 Å². The summed E-state index contributed by atoms with van der Waals surface area (Å²) in [5.41, 5.74) is 5.43. The number of nitrogens with one attached hydrogen (secondary N) is 1. The first-order valence-electron chi connectivity index (χ1n) is 8.63. The minimum Gasteiger partial charge on any atom is -0.321 e. The van der Waals surface area contributed by atoms with E-state index in [1.165, 1.54) is 0 Å². The lowest BCUT2D eigenvalue weighted by Crippen LogP contribution is -2.11. The van der Waals surface area contributed by atoms with Crippen molar-refractivity contribution in [3.8, 4) is 22.4 Å². The molecule has 3 aromatic carbocycles. The van der Waals surface area contributed by atoms with Crippen molar-refractivity contribution in [2.75, 3.05) is 0 Å². The molecule has 0 saturated carbocycles. The Labute approximate surface area is 167 Å². The third kappa shape index (κ3) is 3.27. The fourth-order valence-corrected chi connectivity index (χ4v) is 4.02. The van der Waals surface area contributed by atoms with Crippen molar-refractivity contribution in [2.24, 2.45) is 0 Å². The first-order valence-corrected chi connectivity index (χ1v) is 9.39. The van der Waals surface area contributed by atoms with Crippen LogP contribution in [0, 0.1) is 13.8 Å². The van der Waals surface area contributed by atoms with Crippen molar-refractivity contribution in [1.29, 1.82) is 0 Å². The summed E-state index contributed by atoms with van der Waals surface area (Å²) in [4.78, 5) is 16.0. The topological polar surface area (TPSA) is 32.9 Å². The highest BCUT2D eigenvalue weighted by atomic mass is 35.5. The number of aromatic amines is 1. The fourth-order valence-electron chi connectivity index (χ4n) is 3.64. The molecule has 0 radical (unpaired) electrons. The van der Waals surface area contributed by atoms with E-state index in [0.717, 1.165) is 38.9 Å². The number of hydrogen-bond donors (Lipinski definition) is 1. The molecule has 0 aliphatic heterocycles. The van der Waals surface area contributed by atoms with Crippen molar-refractivity contribution < 1.29 is 0 Å². The summed E-state index contributed by atoms with van der Waals surface area (Å²) in [5.74, 6) is 0. The molecule has 0 amide bonds. The molecule has 4 heteroatoms. The van der Waals surface area contributed by atoms with E-state index in [4.69, 9.17) is 23.2 Å². The summed E-state index contributed by atoms with van der Waals surface area (Å²) in [6.07, 6.45) is 0. The van der Waals surface area contributed by atoms with Crippen LogP contribution in [0.4, 0.5) is 0 Å². The van der Waals surface area contributed by atoms with E-state index in [2.05, 4.69) is 11.1 Å². The van der Waals surface area contributed by atoms with Crippen molar-refractivity contribution in [3.05, 3.63) is 92.2 Å². The van der Waals surface area contributed by atoms with Crippen LogP contribution in [0.1, 0.15) is 11.1 Å². The molecule has 0 fully saturated rings. The van der Waals surface area contributed by atoms with Crippen LogP contribution in [0.2, 0.25) is 10.0 Å². The molecular weight excluding hydrogens is 377 g/mol. The molecule has 0 spiro atoms. The summed E-state index contributed by atoms with van der Waals surface area (Å²) in [6.45, 7) is 4.00. The van der Waals surface area contributed by atoms with Gasteiger partial charge < -0.3 is 4.98 Å². The molecule has 0 aliphatic rings. The lowest BCUT2D eigenvalue weighted by molar-refractivity contribution is 1.26. The minimum absolute atomic E-state index is 0.108. The van der Waals surface area contributed by atoms with Gasteiger partial charge in [-0.05, 0) is 54.6 Å². The quantitative estimate of drug-likeness (QED) is 0.399. The van der Waals surface area contributed by atoms with Gasteiger partial charge in [-0.3, -0.25) is 4.79 Å². The largest absolute Gasteiger partial charge is 0.321 e. The molecule has 4 rings (SSSR count). The van der Waals surface area contributed by atoms with Gasteiger partial charge in [-0.15, -0.1) is 0 Å². The van der Waals surface area contributed by atoms with Crippen molar-refractivity contribution in [3.63, 3.8) is 0 Å². The Hall–Kier alpha value is -2.55. The molecular formula is C23H17Cl2NO. The van der Waals surface area contributed by atoms with Crippen molar-refractivity contribution in [1.82, 2.24) is 4.98 Å². The second kappa shape index (κ2) is 6.88. The highest BCUT2D eigenvalue weighted by Crippen LogP contribution is 2.37. The smallest absolute Gasteiger partial charge is 0.256 e. The maximum Gasteiger partial charge on any atom is 0.256 e. The second-order valence-electron chi connectivity index (χ2n) is 6.73. The fraction of sp³-hybridized carbons (Fsp3) is 0.0870. The number of rotatable bonds is 2. The highest BCUT2D eigenvalue weighted by molar-refractivity contribution is 6.31. The van der Waals surface area contributed by atoms with Crippen molar-refractivity contribution >= 4 is 34.0 Å². The minimum atomic E-state index is -0.108. The second-order valence-corrected chi connectivity index (χ2v) is 7.60. The molecule has 2 nitrogen and oxygen atoms in total. The average Bonchev–Trinajstić information content (AvgIpc) is 2.60. The van der Waals surface area contributed by atoms with Gasteiger partial charge in [-0.2, -0.15) is 0 Å². The molecule has 134 valence electrons. The molecule has 0 atom stereocenters. The molecule has 0 saturated heterocycles.